The lowest BCUT2D eigenvalue weighted by Gasteiger charge is -2.30. The van der Waals surface area contributed by atoms with Crippen LogP contribution in [0.25, 0.3) is 11.4 Å². The van der Waals surface area contributed by atoms with Crippen molar-refractivity contribution in [2.75, 3.05) is 13.2 Å². The van der Waals surface area contributed by atoms with Gasteiger partial charge in [0.25, 0.3) is 5.56 Å². The number of urea groups is 1. The van der Waals surface area contributed by atoms with Crippen LogP contribution < -0.4 is 10.9 Å². The summed E-state index contributed by atoms with van der Waals surface area (Å²) in [6, 6.07) is 4.45. The van der Waals surface area contributed by atoms with Gasteiger partial charge in [0.05, 0.1) is 18.8 Å². The van der Waals surface area contributed by atoms with E-state index in [-0.39, 0.29) is 30.4 Å². The molecule has 2 heterocycles. The largest absolute Gasteiger partial charge is 0.464 e. The Labute approximate surface area is 173 Å². The summed E-state index contributed by atoms with van der Waals surface area (Å²) in [5.74, 6) is -0.696. The molecule has 2 aromatic rings. The molecule has 2 amide bonds. The van der Waals surface area contributed by atoms with Crippen LogP contribution in [0.4, 0.5) is 9.18 Å². The number of carbonyl (C=O) groups excluding carboxylic acids is 2. The SMILES string of the molecule is CCOC(=O)[C@@H](NC(=O)N1CCc2c(nc(-c3ccc(F)cc3)[nH]c2=O)C1)C(C)C. The molecule has 2 N–H and O–H groups in total. The molecule has 0 saturated heterocycles. The van der Waals surface area contributed by atoms with E-state index >= 15 is 0 Å². The highest BCUT2D eigenvalue weighted by atomic mass is 19.1. The molecule has 30 heavy (non-hydrogen) atoms. The van der Waals surface area contributed by atoms with Crippen LogP contribution in [-0.4, -0.2) is 46.1 Å². The highest BCUT2D eigenvalue weighted by Crippen LogP contribution is 2.19. The molecule has 0 spiro atoms. The van der Waals surface area contributed by atoms with Gasteiger partial charge in [-0.15, -0.1) is 0 Å². The van der Waals surface area contributed by atoms with Gasteiger partial charge in [0.2, 0.25) is 0 Å². The van der Waals surface area contributed by atoms with Gasteiger partial charge in [-0.25, -0.2) is 19.0 Å². The molecule has 0 bridgehead atoms. The predicted molar refractivity (Wildman–Crippen MR) is 108 cm³/mol. The van der Waals surface area contributed by atoms with Gasteiger partial charge in [0.1, 0.15) is 17.7 Å². The second kappa shape index (κ2) is 9.06. The van der Waals surface area contributed by atoms with Crippen LogP contribution in [0.15, 0.2) is 29.1 Å². The number of hydrogen-bond acceptors (Lipinski definition) is 5. The molecule has 0 radical (unpaired) electrons. The molecule has 1 aromatic carbocycles. The van der Waals surface area contributed by atoms with E-state index in [0.717, 1.165) is 0 Å². The Morgan fingerprint density at radius 1 is 1.30 bits per heavy atom. The number of amides is 2. The molecule has 9 heteroatoms. The number of carbonyl (C=O) groups is 2. The minimum Gasteiger partial charge on any atom is -0.464 e. The van der Waals surface area contributed by atoms with E-state index in [4.69, 9.17) is 4.74 Å². The van der Waals surface area contributed by atoms with Gasteiger partial charge < -0.3 is 19.9 Å². The Morgan fingerprint density at radius 3 is 2.63 bits per heavy atom. The number of hydrogen-bond donors (Lipinski definition) is 2. The molecule has 1 atom stereocenters. The van der Waals surface area contributed by atoms with Crippen molar-refractivity contribution in [1.82, 2.24) is 20.2 Å². The van der Waals surface area contributed by atoms with Gasteiger partial charge >= 0.3 is 12.0 Å². The Morgan fingerprint density at radius 2 is 2.00 bits per heavy atom. The summed E-state index contributed by atoms with van der Waals surface area (Å²) in [6.45, 7) is 6.04. The number of aromatic amines is 1. The molecular formula is C21H25FN4O4. The Hall–Kier alpha value is -3.23. The van der Waals surface area contributed by atoms with E-state index < -0.39 is 18.0 Å². The minimum atomic E-state index is -0.763. The van der Waals surface area contributed by atoms with Gasteiger partial charge in [-0.05, 0) is 43.5 Å². The smallest absolute Gasteiger partial charge is 0.328 e. The van der Waals surface area contributed by atoms with Crippen LogP contribution in [0.5, 0.6) is 0 Å². The van der Waals surface area contributed by atoms with Crippen molar-refractivity contribution in [2.24, 2.45) is 5.92 Å². The lowest BCUT2D eigenvalue weighted by Crippen LogP contribution is -2.52. The summed E-state index contributed by atoms with van der Waals surface area (Å²) in [4.78, 5) is 46.1. The molecule has 3 rings (SSSR count). The quantitative estimate of drug-likeness (QED) is 0.728. The molecule has 1 aliphatic heterocycles. The monoisotopic (exact) mass is 416 g/mol. The molecule has 8 nitrogen and oxygen atoms in total. The van der Waals surface area contributed by atoms with E-state index in [1.807, 2.05) is 13.8 Å². The number of fused-ring (bicyclic) bond motifs is 1. The van der Waals surface area contributed by atoms with E-state index in [1.54, 1.807) is 6.92 Å². The summed E-state index contributed by atoms with van der Waals surface area (Å²) in [6.07, 6.45) is 0.348. The van der Waals surface area contributed by atoms with Crippen LogP contribution in [0.3, 0.4) is 0 Å². The summed E-state index contributed by atoms with van der Waals surface area (Å²) in [7, 11) is 0. The highest BCUT2D eigenvalue weighted by Gasteiger charge is 2.30. The second-order valence-corrected chi connectivity index (χ2v) is 7.44. The standard InChI is InChI=1S/C21H25FN4O4/c1-4-30-20(28)17(12(2)3)24-21(29)26-10-9-15-16(11-26)23-18(25-19(15)27)13-5-7-14(22)8-6-13/h5-8,12,17H,4,9-11H2,1-3H3,(H,24,29)(H,23,25,27)/t17-/m0/s1. The predicted octanol–water partition coefficient (Wildman–Crippen LogP) is 2.23. The number of halogens is 1. The van der Waals surface area contributed by atoms with Gasteiger partial charge in [-0.2, -0.15) is 0 Å². The van der Waals surface area contributed by atoms with Crippen molar-refractivity contribution in [1.29, 1.82) is 0 Å². The van der Waals surface area contributed by atoms with Crippen LogP contribution in [0, 0.1) is 11.7 Å². The normalized spacial score (nSPS) is 14.2. The molecule has 160 valence electrons. The van der Waals surface area contributed by atoms with Crippen molar-refractivity contribution < 1.29 is 18.7 Å². The first kappa shape index (κ1) is 21.5. The number of ether oxygens (including phenoxy) is 1. The maximum atomic E-state index is 13.2. The van der Waals surface area contributed by atoms with Crippen LogP contribution in [0.2, 0.25) is 0 Å². The van der Waals surface area contributed by atoms with E-state index in [1.165, 1.54) is 29.2 Å². The third-order valence-electron chi connectivity index (χ3n) is 4.96. The highest BCUT2D eigenvalue weighted by molar-refractivity contribution is 5.84. The third kappa shape index (κ3) is 4.67. The van der Waals surface area contributed by atoms with Crippen molar-refractivity contribution in [2.45, 2.75) is 39.8 Å². The summed E-state index contributed by atoms with van der Waals surface area (Å²) in [5, 5.41) is 2.73. The van der Waals surface area contributed by atoms with Crippen LogP contribution in [-0.2, 0) is 22.5 Å². The first-order valence-corrected chi connectivity index (χ1v) is 9.90. The number of nitrogens with one attached hydrogen (secondary N) is 2. The number of nitrogens with zero attached hydrogens (tertiary/aromatic N) is 2. The average molecular weight is 416 g/mol. The van der Waals surface area contributed by atoms with Gasteiger partial charge in [0, 0.05) is 17.7 Å². The number of aromatic nitrogens is 2. The molecule has 0 saturated carbocycles. The zero-order valence-corrected chi connectivity index (χ0v) is 17.2. The fourth-order valence-electron chi connectivity index (χ4n) is 3.31. The fourth-order valence-corrected chi connectivity index (χ4v) is 3.31. The zero-order valence-electron chi connectivity index (χ0n) is 17.2. The third-order valence-corrected chi connectivity index (χ3v) is 4.96. The van der Waals surface area contributed by atoms with Crippen LogP contribution in [0.1, 0.15) is 32.0 Å². The van der Waals surface area contributed by atoms with Crippen molar-refractivity contribution in [3.63, 3.8) is 0 Å². The van der Waals surface area contributed by atoms with E-state index in [0.29, 0.717) is 35.6 Å². The van der Waals surface area contributed by atoms with Gasteiger partial charge in [-0.1, -0.05) is 13.8 Å². The van der Waals surface area contributed by atoms with Gasteiger partial charge in [-0.3, -0.25) is 4.79 Å². The summed E-state index contributed by atoms with van der Waals surface area (Å²) >= 11 is 0. The number of rotatable bonds is 5. The average Bonchev–Trinajstić information content (AvgIpc) is 2.71. The minimum absolute atomic E-state index is 0.132. The number of H-pyrrole nitrogens is 1. The topological polar surface area (TPSA) is 104 Å². The van der Waals surface area contributed by atoms with Crippen LogP contribution >= 0.6 is 0 Å². The summed E-state index contributed by atoms with van der Waals surface area (Å²) < 4.78 is 18.2. The molecule has 1 aromatic heterocycles. The Kier molecular flexibility index (Phi) is 6.49. The van der Waals surface area contributed by atoms with E-state index in [9.17, 15) is 18.8 Å². The molecule has 0 unspecified atom stereocenters. The number of esters is 1. The summed E-state index contributed by atoms with van der Waals surface area (Å²) in [5.41, 5.74) is 1.30. The van der Waals surface area contributed by atoms with E-state index in [2.05, 4.69) is 15.3 Å². The molecule has 0 fully saturated rings. The first-order chi connectivity index (χ1) is 14.3. The number of benzene rings is 1. The first-order valence-electron chi connectivity index (χ1n) is 9.90. The molecule has 1 aliphatic rings. The zero-order chi connectivity index (χ0) is 21.8. The molecule has 0 aliphatic carbocycles. The maximum Gasteiger partial charge on any atom is 0.328 e. The van der Waals surface area contributed by atoms with Crippen molar-refractivity contribution in [3.05, 3.63) is 51.7 Å². The maximum absolute atomic E-state index is 13.2. The molecular weight excluding hydrogens is 391 g/mol. The van der Waals surface area contributed by atoms with Gasteiger partial charge in [0.15, 0.2) is 0 Å². The fraction of sp³-hybridized carbons (Fsp3) is 0.429. The van der Waals surface area contributed by atoms with Crippen molar-refractivity contribution in [3.8, 4) is 11.4 Å². The lowest BCUT2D eigenvalue weighted by molar-refractivity contribution is -0.146. The second-order valence-electron chi connectivity index (χ2n) is 7.44. The van der Waals surface area contributed by atoms with Crippen molar-refractivity contribution >= 4 is 12.0 Å². The Bertz CT molecular complexity index is 987. The lowest BCUT2D eigenvalue weighted by atomic mass is 10.0. The Balaban J connectivity index is 1.80.